The van der Waals surface area contributed by atoms with Crippen LogP contribution >= 0.6 is 0 Å². The number of aryl methyl sites for hydroxylation is 2. The lowest BCUT2D eigenvalue weighted by Gasteiger charge is -2.36. The zero-order chi connectivity index (χ0) is 34.0. The van der Waals surface area contributed by atoms with Gasteiger partial charge in [0.15, 0.2) is 17.3 Å². The van der Waals surface area contributed by atoms with Crippen molar-refractivity contribution in [2.45, 2.75) is 57.4 Å². The molecule has 2 N–H and O–H groups in total. The number of pyridine rings is 1. The maximum Gasteiger partial charge on any atom is 0.341 e. The van der Waals surface area contributed by atoms with Crippen LogP contribution in [0, 0.1) is 16.6 Å². The topological polar surface area (TPSA) is 160 Å². The fourth-order valence-electron chi connectivity index (χ4n) is 7.90. The number of nitrogens with zero attached hydrogens (tertiary/aromatic N) is 8. The average Bonchev–Trinajstić information content (AvgIpc) is 3.58. The number of aromatic carboxylic acids is 1. The third-order valence-electron chi connectivity index (χ3n) is 10.3. The Hall–Kier alpha value is -5.31. The van der Waals surface area contributed by atoms with Gasteiger partial charge in [0.25, 0.3) is 0 Å². The predicted octanol–water partition coefficient (Wildman–Crippen LogP) is 4.63. The van der Waals surface area contributed by atoms with Crippen molar-refractivity contribution in [1.82, 2.24) is 29.0 Å². The summed E-state index contributed by atoms with van der Waals surface area (Å²) in [4.78, 5) is 40.8. The molecule has 3 aliphatic rings. The molecule has 1 saturated carbocycles. The van der Waals surface area contributed by atoms with Crippen LogP contribution < -0.4 is 15.1 Å². The number of halogens is 1. The molecule has 14 nitrogen and oxygen atoms in total. The number of anilines is 1. The molecule has 5 aromatic rings. The van der Waals surface area contributed by atoms with Crippen molar-refractivity contribution in [3.8, 4) is 11.6 Å². The quantitative estimate of drug-likeness (QED) is 0.201. The summed E-state index contributed by atoms with van der Waals surface area (Å²) < 4.78 is 27.0. The van der Waals surface area contributed by atoms with Crippen LogP contribution in [-0.4, -0.2) is 78.0 Å². The van der Waals surface area contributed by atoms with E-state index >= 15 is 4.39 Å². The van der Waals surface area contributed by atoms with E-state index in [0.717, 1.165) is 37.9 Å². The molecule has 0 radical (unpaired) electrons. The van der Waals surface area contributed by atoms with Gasteiger partial charge in [-0.15, -0.1) is 10.0 Å². The van der Waals surface area contributed by atoms with Crippen LogP contribution in [0.5, 0.6) is 11.6 Å². The first-order valence-corrected chi connectivity index (χ1v) is 16.5. The first-order valence-electron chi connectivity index (χ1n) is 16.5. The number of hydrogen-bond acceptors (Lipinski definition) is 10. The fraction of sp³-hybridized carbons (Fsp3) is 0.412. The van der Waals surface area contributed by atoms with E-state index in [1.807, 2.05) is 23.2 Å². The zero-order valence-corrected chi connectivity index (χ0v) is 26.8. The number of carbonyl (C=O) groups is 1. The second kappa shape index (κ2) is 12.0. The van der Waals surface area contributed by atoms with Gasteiger partial charge in [0.05, 0.1) is 35.8 Å². The molecule has 0 bridgehead atoms. The molecule has 2 saturated heterocycles. The molecule has 49 heavy (non-hydrogen) atoms. The molecule has 3 fully saturated rings. The lowest BCUT2D eigenvalue weighted by atomic mass is 9.92. The monoisotopic (exact) mass is 670 g/mol. The van der Waals surface area contributed by atoms with Crippen molar-refractivity contribution in [2.24, 2.45) is 11.1 Å². The van der Waals surface area contributed by atoms with Gasteiger partial charge in [0, 0.05) is 56.0 Å². The lowest BCUT2D eigenvalue weighted by molar-refractivity contribution is 0.0694. The molecular weight excluding hydrogens is 635 g/mol. The summed E-state index contributed by atoms with van der Waals surface area (Å²) in [7, 11) is 1.46. The first-order chi connectivity index (χ1) is 23.8. The highest BCUT2D eigenvalue weighted by molar-refractivity contribution is 5.97. The van der Waals surface area contributed by atoms with Gasteiger partial charge < -0.3 is 29.0 Å². The Kier molecular flexibility index (Phi) is 7.58. The molecule has 5 heterocycles. The van der Waals surface area contributed by atoms with Gasteiger partial charge in [-0.25, -0.2) is 9.18 Å². The van der Waals surface area contributed by atoms with Crippen LogP contribution in [-0.2, 0) is 19.6 Å². The Morgan fingerprint density at radius 3 is 2.69 bits per heavy atom. The summed E-state index contributed by atoms with van der Waals surface area (Å²) in [6.07, 6.45) is 6.90. The minimum absolute atomic E-state index is 0.00671. The number of aromatic hydroxyl groups is 1. The highest BCUT2D eigenvalue weighted by atomic mass is 19.1. The molecule has 1 aliphatic carbocycles. The maximum atomic E-state index is 16.0. The van der Waals surface area contributed by atoms with Crippen LogP contribution in [0.2, 0.25) is 0 Å². The Labute approximate surface area is 278 Å². The minimum atomic E-state index is -1.34. The Morgan fingerprint density at radius 2 is 1.94 bits per heavy atom. The summed E-state index contributed by atoms with van der Waals surface area (Å²) in [5.74, 6) is -1.61. The number of fused-ring (bicyclic) bond motifs is 3. The van der Waals surface area contributed by atoms with E-state index in [1.54, 1.807) is 25.9 Å². The van der Waals surface area contributed by atoms with Crippen LogP contribution in [0.1, 0.15) is 47.8 Å². The average molecular weight is 671 g/mol. The maximum absolute atomic E-state index is 16.0. The number of para-hydroxylation sites is 1. The van der Waals surface area contributed by atoms with Crippen LogP contribution in [0.4, 0.5) is 15.8 Å². The standard InChI is InChI=1S/C34H35FN8O6/c1-49-32-29-23(31(44)24(34(46)47)17-43(29)21-8-9-21)13-25(35)30(32)40-14-19-5-4-10-39(27(19)18-40)15-20-16-41(38-36-20)11-12-42-26-7-3-2-6-22(26)28(37-48)33(42)45/h2-3,6-7,13,16-17,19,21,27,45H,4-5,8-12,14-15,18H2,1H3,(H,46,47)/t19-,27+/m0/s1. The van der Waals surface area contributed by atoms with Crippen molar-refractivity contribution in [1.29, 1.82) is 0 Å². The third kappa shape index (κ3) is 5.19. The molecule has 2 atom stereocenters. The molecule has 0 unspecified atom stereocenters. The minimum Gasteiger partial charge on any atom is -0.493 e. The number of benzene rings is 2. The molecule has 8 rings (SSSR count). The summed E-state index contributed by atoms with van der Waals surface area (Å²) in [6, 6.07) is 8.53. The molecule has 0 spiro atoms. The van der Waals surface area contributed by atoms with E-state index in [9.17, 15) is 24.7 Å². The number of methoxy groups -OCH3 is 1. The van der Waals surface area contributed by atoms with Crippen molar-refractivity contribution in [3.63, 3.8) is 0 Å². The molecule has 2 aliphatic heterocycles. The van der Waals surface area contributed by atoms with Gasteiger partial charge in [0.1, 0.15) is 11.3 Å². The van der Waals surface area contributed by atoms with E-state index < -0.39 is 17.2 Å². The normalized spacial score (nSPS) is 19.5. The summed E-state index contributed by atoms with van der Waals surface area (Å²) in [5, 5.41) is 32.7. The SMILES string of the molecule is COc1c(N2C[C@@H]3CCCN(Cc4cn(CCn5c(O)c(N=O)c6ccccc65)nn4)[C@@H]3C2)c(F)cc2c(=O)c(C(=O)O)cn(C3CC3)c12. The predicted molar refractivity (Wildman–Crippen MR) is 178 cm³/mol. The molecule has 3 aromatic heterocycles. The van der Waals surface area contributed by atoms with E-state index in [2.05, 4.69) is 20.4 Å². The number of carboxylic acid groups (broad SMARTS) is 1. The van der Waals surface area contributed by atoms with Crippen molar-refractivity contribution >= 4 is 39.1 Å². The van der Waals surface area contributed by atoms with E-state index in [-0.39, 0.29) is 46.3 Å². The third-order valence-corrected chi connectivity index (χ3v) is 10.3. The van der Waals surface area contributed by atoms with E-state index in [1.165, 1.54) is 19.4 Å². The molecule has 254 valence electrons. The number of carboxylic acids is 1. The Balaban J connectivity index is 1.03. The summed E-state index contributed by atoms with van der Waals surface area (Å²) in [6.45, 7) is 3.34. The Bertz CT molecular complexity index is 2190. The van der Waals surface area contributed by atoms with Crippen molar-refractivity contribution < 1.29 is 24.1 Å². The van der Waals surface area contributed by atoms with E-state index in [4.69, 9.17) is 4.74 Å². The Morgan fingerprint density at radius 1 is 1.12 bits per heavy atom. The first kappa shape index (κ1) is 31.0. The van der Waals surface area contributed by atoms with Gasteiger partial charge in [0.2, 0.25) is 11.3 Å². The smallest absolute Gasteiger partial charge is 0.341 e. The zero-order valence-electron chi connectivity index (χ0n) is 26.8. The summed E-state index contributed by atoms with van der Waals surface area (Å²) in [5.41, 5.74) is 1.13. The number of rotatable bonds is 10. The van der Waals surface area contributed by atoms with Gasteiger partial charge >= 0.3 is 5.97 Å². The van der Waals surface area contributed by atoms with E-state index in [0.29, 0.717) is 54.8 Å². The van der Waals surface area contributed by atoms with Gasteiger partial charge in [-0.3, -0.25) is 14.4 Å². The van der Waals surface area contributed by atoms with Crippen molar-refractivity contribution in [2.75, 3.05) is 31.6 Å². The number of ether oxygens (including phenoxy) is 1. The molecule has 2 aromatic carbocycles. The van der Waals surface area contributed by atoms with Gasteiger partial charge in [-0.2, -0.15) is 0 Å². The highest BCUT2D eigenvalue weighted by Crippen LogP contribution is 2.46. The molecule has 15 heteroatoms. The number of aromatic nitrogens is 5. The number of hydrogen-bond donors (Lipinski definition) is 2. The number of nitroso groups, excluding NO2 is 1. The van der Waals surface area contributed by atoms with Crippen molar-refractivity contribution in [3.05, 3.63) is 74.9 Å². The second-order valence-corrected chi connectivity index (χ2v) is 13.2. The fourth-order valence-corrected chi connectivity index (χ4v) is 7.90. The summed E-state index contributed by atoms with van der Waals surface area (Å²) >= 11 is 0. The number of likely N-dealkylation sites (tertiary alicyclic amines) is 1. The number of piperidine rings is 1. The molecule has 0 amide bonds. The molecular formula is C34H35FN8O6. The van der Waals surface area contributed by atoms with Gasteiger partial charge in [-0.05, 0) is 55.5 Å². The second-order valence-electron chi connectivity index (χ2n) is 13.2. The van der Waals surface area contributed by atoms with Gasteiger partial charge in [-0.1, -0.05) is 23.4 Å². The van der Waals surface area contributed by atoms with Crippen LogP contribution in [0.25, 0.3) is 21.8 Å². The van der Waals surface area contributed by atoms with Crippen LogP contribution in [0.3, 0.4) is 0 Å². The largest absolute Gasteiger partial charge is 0.493 e. The lowest BCUT2D eigenvalue weighted by Crippen LogP contribution is -2.44. The van der Waals surface area contributed by atoms with Crippen LogP contribution in [0.15, 0.2) is 52.7 Å². The highest BCUT2D eigenvalue weighted by Gasteiger charge is 2.41.